The number of nitrogens with zero attached hydrogens (tertiary/aromatic N) is 2. The quantitative estimate of drug-likeness (QED) is 0.641. The fourth-order valence-electron chi connectivity index (χ4n) is 1.96. The smallest absolute Gasteiger partial charge is 0.109 e. The molecule has 2 fully saturated rings. The minimum absolute atomic E-state index is 0.212. The van der Waals surface area contributed by atoms with Crippen molar-refractivity contribution < 1.29 is 0 Å². The molecule has 66 valence electrons. The van der Waals surface area contributed by atoms with E-state index in [-0.39, 0.29) is 5.54 Å². The molecule has 1 heterocycles. The first-order chi connectivity index (χ1) is 5.66. The van der Waals surface area contributed by atoms with Crippen LogP contribution in [-0.2, 0) is 0 Å². The van der Waals surface area contributed by atoms with E-state index in [0.29, 0.717) is 12.0 Å². The first kappa shape index (κ1) is 8.03. The number of hydrogen-bond acceptors (Lipinski definition) is 3. The average Bonchev–Trinajstić information content (AvgIpc) is 2.79. The van der Waals surface area contributed by atoms with Crippen molar-refractivity contribution >= 4 is 0 Å². The van der Waals surface area contributed by atoms with Crippen molar-refractivity contribution in [3.05, 3.63) is 0 Å². The lowest BCUT2D eigenvalue weighted by atomic mass is 9.90. The second-order valence-corrected chi connectivity index (χ2v) is 4.20. The maximum Gasteiger partial charge on any atom is 0.109 e. The van der Waals surface area contributed by atoms with Crippen LogP contribution in [0.25, 0.3) is 0 Å². The van der Waals surface area contributed by atoms with Gasteiger partial charge in [-0.15, -0.1) is 0 Å². The normalized spacial score (nSPS) is 30.4. The van der Waals surface area contributed by atoms with Crippen LogP contribution < -0.4 is 5.73 Å². The fraction of sp³-hybridized carbons (Fsp3) is 0.889. The van der Waals surface area contributed by atoms with Crippen molar-refractivity contribution in [2.75, 3.05) is 13.1 Å². The third-order valence-corrected chi connectivity index (χ3v) is 3.17. The van der Waals surface area contributed by atoms with Crippen LogP contribution in [0.3, 0.4) is 0 Å². The summed E-state index contributed by atoms with van der Waals surface area (Å²) in [7, 11) is 0. The summed E-state index contributed by atoms with van der Waals surface area (Å²) in [6, 6.07) is 2.74. The second-order valence-electron chi connectivity index (χ2n) is 4.20. The van der Waals surface area contributed by atoms with E-state index in [1.54, 1.807) is 0 Å². The van der Waals surface area contributed by atoms with Crippen molar-refractivity contribution in [3.63, 3.8) is 0 Å². The molecule has 1 unspecified atom stereocenters. The molecule has 0 aromatic rings. The van der Waals surface area contributed by atoms with Crippen LogP contribution >= 0.6 is 0 Å². The lowest BCUT2D eigenvalue weighted by Crippen LogP contribution is -2.64. The van der Waals surface area contributed by atoms with E-state index in [0.717, 1.165) is 13.1 Å². The lowest BCUT2D eigenvalue weighted by Gasteiger charge is -2.46. The van der Waals surface area contributed by atoms with Crippen molar-refractivity contribution in [1.82, 2.24) is 4.90 Å². The van der Waals surface area contributed by atoms with Crippen molar-refractivity contribution in [2.45, 2.75) is 31.3 Å². The second kappa shape index (κ2) is 2.45. The molecule has 0 bridgehead atoms. The van der Waals surface area contributed by atoms with Gasteiger partial charge in [0.2, 0.25) is 0 Å². The Morgan fingerprint density at radius 3 is 2.42 bits per heavy atom. The van der Waals surface area contributed by atoms with Gasteiger partial charge in [-0.1, -0.05) is 0 Å². The molecule has 1 atom stereocenters. The van der Waals surface area contributed by atoms with Gasteiger partial charge in [0.1, 0.15) is 5.54 Å². The molecule has 2 aliphatic rings. The molecule has 3 heteroatoms. The van der Waals surface area contributed by atoms with Gasteiger partial charge in [-0.05, 0) is 25.7 Å². The summed E-state index contributed by atoms with van der Waals surface area (Å²) in [5.41, 5.74) is 5.48. The molecule has 2 N–H and O–H groups in total. The van der Waals surface area contributed by atoms with Crippen LogP contribution in [0.1, 0.15) is 19.8 Å². The number of likely N-dealkylation sites (tertiary alicyclic amines) is 1. The van der Waals surface area contributed by atoms with E-state index in [4.69, 9.17) is 11.0 Å². The van der Waals surface area contributed by atoms with E-state index < -0.39 is 0 Å². The van der Waals surface area contributed by atoms with Gasteiger partial charge < -0.3 is 5.73 Å². The molecule has 0 aromatic heterocycles. The zero-order chi connectivity index (χ0) is 8.77. The van der Waals surface area contributed by atoms with Crippen LogP contribution in [0.5, 0.6) is 0 Å². The highest BCUT2D eigenvalue weighted by atomic mass is 15.3. The third-order valence-electron chi connectivity index (χ3n) is 3.17. The predicted octanol–water partition coefficient (Wildman–Crippen LogP) is 0.322. The van der Waals surface area contributed by atoms with Gasteiger partial charge in [0, 0.05) is 19.1 Å². The van der Waals surface area contributed by atoms with Crippen molar-refractivity contribution in [3.8, 4) is 6.07 Å². The van der Waals surface area contributed by atoms with E-state index in [1.165, 1.54) is 12.8 Å². The average molecular weight is 165 g/mol. The minimum atomic E-state index is -0.212. The third kappa shape index (κ3) is 1.03. The predicted molar refractivity (Wildman–Crippen MR) is 46.3 cm³/mol. The number of nitrogens with two attached hydrogens (primary N) is 1. The number of rotatable bonds is 2. The summed E-state index contributed by atoms with van der Waals surface area (Å²) in [6.45, 7) is 3.86. The van der Waals surface area contributed by atoms with Crippen LogP contribution in [0.4, 0.5) is 0 Å². The standard InChI is InChI=1S/C9H15N3/c1-9(6-10,7-2-3-7)12-4-8(11)5-12/h7-8H,2-5,11H2,1H3. The maximum atomic E-state index is 9.08. The summed E-state index contributed by atoms with van der Waals surface area (Å²) < 4.78 is 0. The molecule has 1 aliphatic heterocycles. The molecule has 3 nitrogen and oxygen atoms in total. The zero-order valence-corrected chi connectivity index (χ0v) is 7.45. The first-order valence-corrected chi connectivity index (χ1v) is 4.58. The Hall–Kier alpha value is -0.590. The van der Waals surface area contributed by atoms with Crippen LogP contribution in [0.15, 0.2) is 0 Å². The van der Waals surface area contributed by atoms with Gasteiger partial charge in [0.15, 0.2) is 0 Å². The molecule has 0 amide bonds. The Kier molecular flexibility index (Phi) is 1.64. The minimum Gasteiger partial charge on any atom is -0.325 e. The Balaban J connectivity index is 2.03. The highest BCUT2D eigenvalue weighted by Crippen LogP contribution is 2.43. The van der Waals surface area contributed by atoms with Gasteiger partial charge in [0.25, 0.3) is 0 Å². The van der Waals surface area contributed by atoms with E-state index in [2.05, 4.69) is 17.9 Å². The van der Waals surface area contributed by atoms with Gasteiger partial charge in [-0.25, -0.2) is 0 Å². The van der Waals surface area contributed by atoms with E-state index >= 15 is 0 Å². The topological polar surface area (TPSA) is 53.0 Å². The Labute approximate surface area is 73.1 Å². The van der Waals surface area contributed by atoms with Crippen LogP contribution in [-0.4, -0.2) is 29.6 Å². The monoisotopic (exact) mass is 165 g/mol. The Morgan fingerprint density at radius 2 is 2.08 bits per heavy atom. The summed E-state index contributed by atoms with van der Waals surface area (Å²) in [4.78, 5) is 2.22. The molecule has 1 saturated carbocycles. The number of hydrogen-bond donors (Lipinski definition) is 1. The fourth-order valence-corrected chi connectivity index (χ4v) is 1.96. The Morgan fingerprint density at radius 1 is 1.50 bits per heavy atom. The zero-order valence-electron chi connectivity index (χ0n) is 7.45. The van der Waals surface area contributed by atoms with Crippen molar-refractivity contribution in [2.24, 2.45) is 11.7 Å². The Bertz CT molecular complexity index is 222. The lowest BCUT2D eigenvalue weighted by molar-refractivity contribution is 0.0472. The highest BCUT2D eigenvalue weighted by Gasteiger charge is 2.49. The van der Waals surface area contributed by atoms with Gasteiger partial charge >= 0.3 is 0 Å². The van der Waals surface area contributed by atoms with E-state index in [9.17, 15) is 0 Å². The van der Waals surface area contributed by atoms with Gasteiger partial charge in [-0.3, -0.25) is 4.90 Å². The largest absolute Gasteiger partial charge is 0.325 e. The van der Waals surface area contributed by atoms with Gasteiger partial charge in [-0.2, -0.15) is 5.26 Å². The molecule has 2 rings (SSSR count). The summed E-state index contributed by atoms with van der Waals surface area (Å²) >= 11 is 0. The first-order valence-electron chi connectivity index (χ1n) is 4.58. The van der Waals surface area contributed by atoms with Crippen molar-refractivity contribution in [1.29, 1.82) is 5.26 Å². The highest BCUT2D eigenvalue weighted by molar-refractivity contribution is 5.16. The summed E-state index contributed by atoms with van der Waals surface area (Å²) in [6.07, 6.45) is 2.44. The summed E-state index contributed by atoms with van der Waals surface area (Å²) in [5.74, 6) is 0.606. The molecule has 0 radical (unpaired) electrons. The number of nitriles is 1. The molecule has 12 heavy (non-hydrogen) atoms. The summed E-state index contributed by atoms with van der Waals surface area (Å²) in [5, 5.41) is 9.08. The van der Waals surface area contributed by atoms with E-state index in [1.807, 2.05) is 0 Å². The van der Waals surface area contributed by atoms with Crippen LogP contribution in [0, 0.1) is 17.2 Å². The molecular formula is C9H15N3. The molecule has 0 spiro atoms. The molecule has 0 aromatic carbocycles. The molecular weight excluding hydrogens is 150 g/mol. The van der Waals surface area contributed by atoms with Crippen LogP contribution in [0.2, 0.25) is 0 Å². The molecule has 1 aliphatic carbocycles. The molecule has 1 saturated heterocycles. The maximum absolute atomic E-state index is 9.08. The van der Waals surface area contributed by atoms with Gasteiger partial charge in [0.05, 0.1) is 6.07 Å². The SMILES string of the molecule is CC(C#N)(C1CC1)N1CC(N)C1.